The molecule has 4 nitrogen and oxygen atoms in total. The summed E-state index contributed by atoms with van der Waals surface area (Å²) in [5.41, 5.74) is 5.37. The third-order valence-corrected chi connectivity index (χ3v) is 2.16. The van der Waals surface area contributed by atoms with E-state index in [1.807, 2.05) is 0 Å². The number of hydrogen-bond acceptors (Lipinski definition) is 2. The molecule has 14 heavy (non-hydrogen) atoms. The normalized spacial score (nSPS) is 10.1. The minimum atomic E-state index is -0.923. The van der Waals surface area contributed by atoms with Crippen LogP contribution in [-0.4, -0.2) is 24.3 Å². The molecular formula is C10H22N2O2. The van der Waals surface area contributed by atoms with Gasteiger partial charge in [-0.2, -0.15) is 0 Å². The van der Waals surface area contributed by atoms with E-state index in [-0.39, 0.29) is 0 Å². The van der Waals surface area contributed by atoms with Gasteiger partial charge in [-0.25, -0.2) is 4.79 Å². The maximum Gasteiger partial charge on any atom is 0.404 e. The summed E-state index contributed by atoms with van der Waals surface area (Å²) in [5, 5.41) is 10.6. The van der Waals surface area contributed by atoms with Crippen molar-refractivity contribution < 1.29 is 9.90 Å². The van der Waals surface area contributed by atoms with Crippen molar-refractivity contribution in [1.82, 2.24) is 5.32 Å². The summed E-state index contributed by atoms with van der Waals surface area (Å²) >= 11 is 0. The van der Waals surface area contributed by atoms with Crippen LogP contribution in [0.25, 0.3) is 0 Å². The van der Waals surface area contributed by atoms with Crippen LogP contribution in [0.2, 0.25) is 0 Å². The largest absolute Gasteiger partial charge is 0.465 e. The molecule has 0 unspecified atom stereocenters. The Morgan fingerprint density at radius 3 is 2.00 bits per heavy atom. The topological polar surface area (TPSA) is 75.3 Å². The number of carboxylic acid groups (broad SMARTS) is 1. The van der Waals surface area contributed by atoms with Crippen molar-refractivity contribution in [2.75, 3.05) is 13.1 Å². The van der Waals surface area contributed by atoms with Gasteiger partial charge in [-0.3, -0.25) is 0 Å². The van der Waals surface area contributed by atoms with Crippen LogP contribution in [0.4, 0.5) is 4.79 Å². The molecule has 4 N–H and O–H groups in total. The Morgan fingerprint density at radius 1 is 1.00 bits per heavy atom. The van der Waals surface area contributed by atoms with Crippen LogP contribution in [0, 0.1) is 0 Å². The second-order valence-electron chi connectivity index (χ2n) is 3.50. The molecule has 0 saturated heterocycles. The van der Waals surface area contributed by atoms with Crippen molar-refractivity contribution in [3.05, 3.63) is 0 Å². The van der Waals surface area contributed by atoms with Gasteiger partial charge in [-0.1, -0.05) is 32.1 Å². The van der Waals surface area contributed by atoms with Gasteiger partial charge < -0.3 is 16.2 Å². The van der Waals surface area contributed by atoms with E-state index in [0.717, 1.165) is 25.8 Å². The van der Waals surface area contributed by atoms with Gasteiger partial charge in [0.1, 0.15) is 0 Å². The van der Waals surface area contributed by atoms with Gasteiger partial charge in [-0.15, -0.1) is 0 Å². The maximum absolute atomic E-state index is 10.1. The molecule has 0 fully saturated rings. The number of unbranched alkanes of at least 4 members (excludes halogenated alkanes) is 6. The second-order valence-corrected chi connectivity index (χ2v) is 3.50. The van der Waals surface area contributed by atoms with Gasteiger partial charge in [0.2, 0.25) is 0 Å². The lowest BCUT2D eigenvalue weighted by atomic mass is 10.1. The van der Waals surface area contributed by atoms with E-state index < -0.39 is 6.09 Å². The molecule has 0 rings (SSSR count). The molecule has 0 saturated carbocycles. The van der Waals surface area contributed by atoms with E-state index in [4.69, 9.17) is 10.8 Å². The molecule has 0 atom stereocenters. The van der Waals surface area contributed by atoms with Crippen LogP contribution in [0.5, 0.6) is 0 Å². The molecule has 0 spiro atoms. The highest BCUT2D eigenvalue weighted by molar-refractivity contribution is 5.64. The standard InChI is InChI=1S/C10H22N2O2/c11-8-6-4-2-1-3-5-7-9-12-10(13)14/h12H,1-9,11H2,(H,13,14). The van der Waals surface area contributed by atoms with Gasteiger partial charge in [-0.05, 0) is 19.4 Å². The minimum absolute atomic E-state index is 0.581. The SMILES string of the molecule is NCCCCCCCCCNC(=O)O. The van der Waals surface area contributed by atoms with Crippen molar-refractivity contribution >= 4 is 6.09 Å². The van der Waals surface area contributed by atoms with Crippen molar-refractivity contribution in [3.63, 3.8) is 0 Å². The smallest absolute Gasteiger partial charge is 0.404 e. The molecule has 84 valence electrons. The Labute approximate surface area is 85.9 Å². The molecule has 0 aliphatic carbocycles. The number of carbonyl (C=O) groups is 1. The predicted molar refractivity (Wildman–Crippen MR) is 57.4 cm³/mol. The van der Waals surface area contributed by atoms with Crippen LogP contribution >= 0.6 is 0 Å². The van der Waals surface area contributed by atoms with Crippen LogP contribution in [-0.2, 0) is 0 Å². The van der Waals surface area contributed by atoms with Crippen LogP contribution < -0.4 is 11.1 Å². The molecule has 0 aromatic carbocycles. The predicted octanol–water partition coefficient (Wildman–Crippen LogP) is 1.94. The van der Waals surface area contributed by atoms with Gasteiger partial charge in [0.05, 0.1) is 0 Å². The first-order valence-electron chi connectivity index (χ1n) is 5.44. The molecule has 4 heteroatoms. The van der Waals surface area contributed by atoms with E-state index >= 15 is 0 Å². The summed E-state index contributed by atoms with van der Waals surface area (Å²) < 4.78 is 0. The Bertz CT molecular complexity index is 140. The quantitative estimate of drug-likeness (QED) is 0.500. The van der Waals surface area contributed by atoms with E-state index in [0.29, 0.717) is 6.54 Å². The molecule has 0 heterocycles. The Balaban J connectivity index is 2.88. The first-order valence-corrected chi connectivity index (χ1v) is 5.44. The lowest BCUT2D eigenvalue weighted by Crippen LogP contribution is -2.21. The average Bonchev–Trinajstić information content (AvgIpc) is 2.15. The number of hydrogen-bond donors (Lipinski definition) is 3. The van der Waals surface area contributed by atoms with Crippen LogP contribution in [0.15, 0.2) is 0 Å². The monoisotopic (exact) mass is 202 g/mol. The van der Waals surface area contributed by atoms with Crippen LogP contribution in [0.3, 0.4) is 0 Å². The first-order chi connectivity index (χ1) is 6.77. The van der Waals surface area contributed by atoms with Crippen molar-refractivity contribution in [3.8, 4) is 0 Å². The first kappa shape index (κ1) is 13.2. The van der Waals surface area contributed by atoms with Gasteiger partial charge in [0, 0.05) is 6.54 Å². The highest BCUT2D eigenvalue weighted by Gasteiger charge is 1.93. The lowest BCUT2D eigenvalue weighted by molar-refractivity contribution is 0.194. The van der Waals surface area contributed by atoms with Crippen molar-refractivity contribution in [1.29, 1.82) is 0 Å². The third kappa shape index (κ3) is 11.2. The van der Waals surface area contributed by atoms with E-state index in [1.165, 1.54) is 25.7 Å². The Kier molecular flexibility index (Phi) is 9.74. The second kappa shape index (κ2) is 10.3. The molecule has 0 aromatic heterocycles. The highest BCUT2D eigenvalue weighted by atomic mass is 16.4. The fourth-order valence-corrected chi connectivity index (χ4v) is 1.35. The third-order valence-electron chi connectivity index (χ3n) is 2.16. The van der Waals surface area contributed by atoms with E-state index in [2.05, 4.69) is 5.32 Å². The number of amides is 1. The molecule has 0 aliphatic heterocycles. The minimum Gasteiger partial charge on any atom is -0.465 e. The van der Waals surface area contributed by atoms with Gasteiger partial charge >= 0.3 is 6.09 Å². The molecular weight excluding hydrogens is 180 g/mol. The summed E-state index contributed by atoms with van der Waals surface area (Å²) in [6.07, 6.45) is 7.19. The van der Waals surface area contributed by atoms with E-state index in [9.17, 15) is 4.79 Å². The zero-order valence-corrected chi connectivity index (χ0v) is 8.80. The summed E-state index contributed by atoms with van der Waals surface area (Å²) in [7, 11) is 0. The summed E-state index contributed by atoms with van der Waals surface area (Å²) in [5.74, 6) is 0. The van der Waals surface area contributed by atoms with E-state index in [1.54, 1.807) is 0 Å². The molecule has 0 aliphatic rings. The number of nitrogens with one attached hydrogen (secondary N) is 1. The van der Waals surface area contributed by atoms with Crippen molar-refractivity contribution in [2.24, 2.45) is 5.73 Å². The zero-order chi connectivity index (χ0) is 10.6. The maximum atomic E-state index is 10.1. The summed E-state index contributed by atoms with van der Waals surface area (Å²) in [4.78, 5) is 10.1. The highest BCUT2D eigenvalue weighted by Crippen LogP contribution is 2.05. The summed E-state index contributed by atoms with van der Waals surface area (Å²) in [6, 6.07) is 0. The van der Waals surface area contributed by atoms with Crippen LogP contribution in [0.1, 0.15) is 44.9 Å². The number of rotatable bonds is 9. The van der Waals surface area contributed by atoms with Gasteiger partial charge in [0.15, 0.2) is 0 Å². The lowest BCUT2D eigenvalue weighted by Gasteiger charge is -2.01. The zero-order valence-electron chi connectivity index (χ0n) is 8.80. The molecule has 0 radical (unpaired) electrons. The van der Waals surface area contributed by atoms with Gasteiger partial charge in [0.25, 0.3) is 0 Å². The number of nitrogens with two attached hydrogens (primary N) is 1. The average molecular weight is 202 g/mol. The Hall–Kier alpha value is -0.770. The summed E-state index contributed by atoms with van der Waals surface area (Å²) in [6.45, 7) is 1.38. The Morgan fingerprint density at radius 2 is 1.50 bits per heavy atom. The van der Waals surface area contributed by atoms with Crippen molar-refractivity contribution in [2.45, 2.75) is 44.9 Å². The fraction of sp³-hybridized carbons (Fsp3) is 0.900. The molecule has 1 amide bonds. The molecule has 0 bridgehead atoms. The fourth-order valence-electron chi connectivity index (χ4n) is 1.35. The molecule has 0 aromatic rings.